The second-order valence-electron chi connectivity index (χ2n) is 6.62. The Bertz CT molecular complexity index is 747. The summed E-state index contributed by atoms with van der Waals surface area (Å²) in [6.45, 7) is 8.76. The van der Waals surface area contributed by atoms with E-state index >= 15 is 0 Å². The van der Waals surface area contributed by atoms with Gasteiger partial charge in [-0.15, -0.1) is 10.2 Å². The van der Waals surface area contributed by atoms with Gasteiger partial charge in [0.25, 0.3) is 0 Å². The molecule has 0 N–H and O–H groups in total. The highest BCUT2D eigenvalue weighted by atomic mass is 32.2. The lowest BCUT2D eigenvalue weighted by molar-refractivity contribution is 0.0457. The smallest absolute Gasteiger partial charge is 0.191 e. The van der Waals surface area contributed by atoms with Gasteiger partial charge in [0.1, 0.15) is 11.5 Å². The van der Waals surface area contributed by atoms with Gasteiger partial charge in [-0.05, 0) is 37.7 Å². The molecule has 0 fully saturated rings. The van der Waals surface area contributed by atoms with Crippen molar-refractivity contribution in [2.75, 3.05) is 34.1 Å². The molecule has 27 heavy (non-hydrogen) atoms. The molecule has 0 saturated carbocycles. The molecule has 0 radical (unpaired) electrons. The summed E-state index contributed by atoms with van der Waals surface area (Å²) in [4.78, 5) is 0. The van der Waals surface area contributed by atoms with Crippen molar-refractivity contribution in [2.24, 2.45) is 0 Å². The molecule has 0 atom stereocenters. The Balaban J connectivity index is 2.66. The van der Waals surface area contributed by atoms with E-state index in [9.17, 15) is 0 Å². The first-order valence-electron chi connectivity index (χ1n) is 8.85. The number of hydrogen-bond donors (Lipinski definition) is 0. The number of thioether (sulfide) groups is 1. The first-order chi connectivity index (χ1) is 12.9. The molecule has 0 aliphatic heterocycles. The number of nitrogens with zero attached hydrogens (tertiary/aromatic N) is 3. The highest BCUT2D eigenvalue weighted by Crippen LogP contribution is 2.40. The van der Waals surface area contributed by atoms with E-state index in [2.05, 4.69) is 48.5 Å². The van der Waals surface area contributed by atoms with Crippen molar-refractivity contribution < 1.29 is 18.9 Å². The molecule has 0 unspecified atom stereocenters. The van der Waals surface area contributed by atoms with Crippen molar-refractivity contribution in [2.45, 2.75) is 44.8 Å². The fourth-order valence-corrected chi connectivity index (χ4v) is 3.37. The molecule has 1 heterocycles. The number of methoxy groups -OCH3 is 2. The molecular weight excluding hydrogens is 366 g/mol. The maximum atomic E-state index is 5.84. The third-order valence-corrected chi connectivity index (χ3v) is 4.65. The number of rotatable bonds is 10. The van der Waals surface area contributed by atoms with Crippen LogP contribution in [0.25, 0.3) is 11.4 Å². The summed E-state index contributed by atoms with van der Waals surface area (Å²) in [6, 6.07) is 4.15. The van der Waals surface area contributed by atoms with Crippen LogP contribution in [0.5, 0.6) is 11.5 Å². The lowest BCUT2D eigenvalue weighted by atomic mass is 9.98. The molecule has 8 heteroatoms. The number of ether oxygens (including phenoxy) is 4. The van der Waals surface area contributed by atoms with Gasteiger partial charge in [-0.1, -0.05) is 25.6 Å². The number of hydrogen-bond acceptors (Lipinski definition) is 7. The Labute approximate surface area is 165 Å². The molecule has 1 aromatic carbocycles. The van der Waals surface area contributed by atoms with Crippen molar-refractivity contribution in [3.63, 3.8) is 0 Å². The molecule has 2 aromatic rings. The highest BCUT2D eigenvalue weighted by Gasteiger charge is 2.22. The van der Waals surface area contributed by atoms with E-state index in [4.69, 9.17) is 18.9 Å². The molecule has 0 bridgehead atoms. The third kappa shape index (κ3) is 4.94. The fraction of sp³-hybridized carbons (Fsp3) is 0.579. The average molecular weight is 396 g/mol. The van der Waals surface area contributed by atoms with E-state index in [1.807, 2.05) is 12.3 Å². The van der Waals surface area contributed by atoms with Crippen LogP contribution in [0, 0.1) is 0 Å². The van der Waals surface area contributed by atoms with Crippen molar-refractivity contribution in [3.05, 3.63) is 17.7 Å². The summed E-state index contributed by atoms with van der Waals surface area (Å²) in [5.41, 5.74) is 1.91. The van der Waals surface area contributed by atoms with Gasteiger partial charge in [0.15, 0.2) is 24.6 Å². The molecule has 0 aliphatic rings. The van der Waals surface area contributed by atoms with E-state index in [0.29, 0.717) is 5.75 Å². The van der Waals surface area contributed by atoms with Crippen LogP contribution in [-0.4, -0.2) is 48.8 Å². The van der Waals surface area contributed by atoms with Crippen LogP contribution in [0.3, 0.4) is 0 Å². The molecule has 150 valence electrons. The summed E-state index contributed by atoms with van der Waals surface area (Å²) in [6.07, 6.45) is 2.00. The Morgan fingerprint density at radius 2 is 1.59 bits per heavy atom. The van der Waals surface area contributed by atoms with Gasteiger partial charge in [0.2, 0.25) is 0 Å². The SMILES string of the molecule is COCOc1cc(OCOC)c(C(C)C)cc1-c1nnc(SC)n1C(C)C. The van der Waals surface area contributed by atoms with Crippen LogP contribution in [0.15, 0.2) is 17.3 Å². The van der Waals surface area contributed by atoms with Gasteiger partial charge in [-0.25, -0.2) is 0 Å². The molecule has 0 spiro atoms. The molecule has 1 aromatic heterocycles. The number of aromatic nitrogens is 3. The van der Waals surface area contributed by atoms with Gasteiger partial charge in [-0.2, -0.15) is 0 Å². The third-order valence-electron chi connectivity index (χ3n) is 4.00. The minimum atomic E-state index is 0.128. The molecule has 0 amide bonds. The van der Waals surface area contributed by atoms with Gasteiger partial charge >= 0.3 is 0 Å². The van der Waals surface area contributed by atoms with Gasteiger partial charge < -0.3 is 18.9 Å². The predicted molar refractivity (Wildman–Crippen MR) is 107 cm³/mol. The standard InChI is InChI=1S/C19H29N3O4S/c1-12(2)14-8-15(18-20-21-19(27-7)22(18)13(3)4)17(26-11-24-6)9-16(14)25-10-23-5/h8-9,12-13H,10-11H2,1-7H3. The second-order valence-corrected chi connectivity index (χ2v) is 7.39. The monoisotopic (exact) mass is 395 g/mol. The van der Waals surface area contributed by atoms with Crippen LogP contribution in [0.2, 0.25) is 0 Å². The first-order valence-corrected chi connectivity index (χ1v) is 10.1. The van der Waals surface area contributed by atoms with E-state index in [1.54, 1.807) is 26.0 Å². The van der Waals surface area contributed by atoms with Gasteiger partial charge in [0, 0.05) is 26.3 Å². The zero-order chi connectivity index (χ0) is 20.0. The molecule has 0 saturated heterocycles. The largest absolute Gasteiger partial charge is 0.467 e. The minimum Gasteiger partial charge on any atom is -0.467 e. The van der Waals surface area contributed by atoms with E-state index in [1.165, 1.54) is 0 Å². The Morgan fingerprint density at radius 3 is 2.11 bits per heavy atom. The van der Waals surface area contributed by atoms with Crippen LogP contribution >= 0.6 is 11.8 Å². The summed E-state index contributed by atoms with van der Waals surface area (Å²) < 4.78 is 23.9. The fourth-order valence-electron chi connectivity index (χ4n) is 2.76. The van der Waals surface area contributed by atoms with Crippen molar-refractivity contribution in [1.82, 2.24) is 14.8 Å². The molecule has 0 aliphatic carbocycles. The van der Waals surface area contributed by atoms with Gasteiger partial charge in [-0.3, -0.25) is 4.57 Å². The lowest BCUT2D eigenvalue weighted by Gasteiger charge is -2.20. The Hall–Kier alpha value is -1.77. The lowest BCUT2D eigenvalue weighted by Crippen LogP contribution is -2.09. The van der Waals surface area contributed by atoms with Crippen molar-refractivity contribution >= 4 is 11.8 Å². The van der Waals surface area contributed by atoms with Crippen LogP contribution in [0.1, 0.15) is 45.2 Å². The summed E-state index contributed by atoms with van der Waals surface area (Å²) in [5.74, 6) is 2.37. The normalized spacial score (nSPS) is 11.4. The topological polar surface area (TPSA) is 67.6 Å². The second kappa shape index (κ2) is 9.96. The predicted octanol–water partition coefficient (Wildman–Crippen LogP) is 4.34. The van der Waals surface area contributed by atoms with Crippen LogP contribution in [-0.2, 0) is 9.47 Å². The quantitative estimate of drug-likeness (QED) is 0.438. The summed E-state index contributed by atoms with van der Waals surface area (Å²) in [7, 11) is 3.19. The molecular formula is C19H29N3O4S. The maximum Gasteiger partial charge on any atom is 0.191 e. The van der Waals surface area contributed by atoms with Crippen LogP contribution < -0.4 is 9.47 Å². The summed E-state index contributed by atoms with van der Waals surface area (Å²) in [5, 5.41) is 9.65. The highest BCUT2D eigenvalue weighted by molar-refractivity contribution is 7.98. The van der Waals surface area contributed by atoms with Crippen LogP contribution in [0.4, 0.5) is 0 Å². The van der Waals surface area contributed by atoms with E-state index in [-0.39, 0.29) is 25.5 Å². The van der Waals surface area contributed by atoms with Crippen molar-refractivity contribution in [1.29, 1.82) is 0 Å². The molecule has 7 nitrogen and oxygen atoms in total. The zero-order valence-electron chi connectivity index (χ0n) is 17.1. The minimum absolute atomic E-state index is 0.128. The Morgan fingerprint density at radius 1 is 0.963 bits per heavy atom. The Kier molecular flexibility index (Phi) is 7.94. The first kappa shape index (κ1) is 21.5. The van der Waals surface area contributed by atoms with Gasteiger partial charge in [0.05, 0.1) is 5.56 Å². The average Bonchev–Trinajstić information content (AvgIpc) is 3.08. The van der Waals surface area contributed by atoms with E-state index in [0.717, 1.165) is 27.9 Å². The summed E-state index contributed by atoms with van der Waals surface area (Å²) >= 11 is 1.57. The maximum absolute atomic E-state index is 5.84. The van der Waals surface area contributed by atoms with E-state index < -0.39 is 0 Å². The zero-order valence-corrected chi connectivity index (χ0v) is 17.9. The number of benzene rings is 1. The molecule has 2 rings (SSSR count). The van der Waals surface area contributed by atoms with Crippen molar-refractivity contribution in [3.8, 4) is 22.9 Å².